The van der Waals surface area contributed by atoms with Gasteiger partial charge in [0.15, 0.2) is 18.4 Å². The van der Waals surface area contributed by atoms with Crippen molar-refractivity contribution >= 4 is 0 Å². The Morgan fingerprint density at radius 1 is 0.830 bits per heavy atom. The summed E-state index contributed by atoms with van der Waals surface area (Å²) in [5.74, 6) is 0.355. The molecule has 0 aromatic rings. The molecule has 8 N–H and O–H groups in total. The van der Waals surface area contributed by atoms with Gasteiger partial charge in [0.05, 0.1) is 44.2 Å². The van der Waals surface area contributed by atoms with Crippen molar-refractivity contribution in [3.8, 4) is 0 Å². The van der Waals surface area contributed by atoms with Crippen LogP contribution in [0, 0.1) is 46.3 Å². The number of aliphatic hydroxyl groups excluding tert-OH is 8. The molecule has 0 radical (unpaired) electrons. The molecule has 53 heavy (non-hydrogen) atoms. The zero-order chi connectivity index (χ0) is 37.8. The van der Waals surface area contributed by atoms with Gasteiger partial charge in [0.2, 0.25) is 0 Å². The van der Waals surface area contributed by atoms with E-state index in [2.05, 4.69) is 26.8 Å². The molecule has 0 bridgehead atoms. The van der Waals surface area contributed by atoms with E-state index in [4.69, 9.17) is 28.4 Å². The second-order valence-electron chi connectivity index (χ2n) is 18.4. The minimum absolute atomic E-state index is 0.00924. The Morgan fingerprint density at radius 2 is 1.60 bits per heavy atom. The van der Waals surface area contributed by atoms with Gasteiger partial charge in [0.25, 0.3) is 0 Å². The van der Waals surface area contributed by atoms with Crippen LogP contribution in [-0.4, -0.2) is 146 Å². The highest BCUT2D eigenvalue weighted by Crippen LogP contribution is 2.70. The van der Waals surface area contributed by atoms with Crippen molar-refractivity contribution in [2.45, 2.75) is 165 Å². The van der Waals surface area contributed by atoms with Crippen molar-refractivity contribution in [1.29, 1.82) is 0 Å². The molecule has 4 heterocycles. The van der Waals surface area contributed by atoms with E-state index in [0.29, 0.717) is 37.7 Å². The van der Waals surface area contributed by atoms with Crippen LogP contribution in [0.25, 0.3) is 0 Å². The fourth-order valence-electron chi connectivity index (χ4n) is 12.7. The number of allylic oxidation sites excluding steroid dienone is 1. The van der Waals surface area contributed by atoms with Gasteiger partial charge < -0.3 is 69.3 Å². The highest BCUT2D eigenvalue weighted by Gasteiger charge is 2.71. The maximum atomic E-state index is 12.2. The predicted molar refractivity (Wildman–Crippen MR) is 184 cm³/mol. The second-order valence-corrected chi connectivity index (χ2v) is 18.4. The lowest BCUT2D eigenvalue weighted by Crippen LogP contribution is -2.64. The monoisotopic (exact) mass is 754 g/mol. The maximum absolute atomic E-state index is 12.2. The SMILES string of the molecule is C[C@H]1CC[C@@]2(OC1)O[C@H]1C[C@H]3[C@@H]4CC=C5C[C@@H](O[C@@H]6O[C@H](CO)[C@@H](O)[C@H](O)[C@H]6O[C@@H]6O[C@@H](C)[C@H](O)[C@@H](O)[C@H]6O)CC[C@]5(C)[C@H]4[C@H](O)C[C@]3(C)[C@H]1[C@@H]2CO. The second kappa shape index (κ2) is 14.2. The average Bonchev–Trinajstić information content (AvgIpc) is 3.59. The van der Waals surface area contributed by atoms with E-state index < -0.39 is 79.9 Å². The third-order valence-electron chi connectivity index (χ3n) is 15.5. The fraction of sp³-hybridized carbons (Fsp3) is 0.949. The number of hydrogen-bond acceptors (Lipinski definition) is 14. The molecule has 0 amide bonds. The zero-order valence-electron chi connectivity index (χ0n) is 31.4. The smallest absolute Gasteiger partial charge is 0.187 e. The number of rotatable bonds is 6. The molecule has 3 saturated carbocycles. The first kappa shape index (κ1) is 39.0. The third-order valence-corrected chi connectivity index (χ3v) is 15.5. The molecule has 0 aromatic carbocycles. The topological polar surface area (TPSA) is 217 Å². The van der Waals surface area contributed by atoms with Crippen molar-refractivity contribution in [3.05, 3.63) is 11.6 Å². The number of ether oxygens (including phenoxy) is 6. The van der Waals surface area contributed by atoms with Crippen LogP contribution in [0.3, 0.4) is 0 Å². The van der Waals surface area contributed by atoms with Crippen LogP contribution in [0.1, 0.15) is 79.1 Å². The van der Waals surface area contributed by atoms with E-state index in [1.165, 1.54) is 12.5 Å². The largest absolute Gasteiger partial charge is 0.396 e. The van der Waals surface area contributed by atoms with Crippen LogP contribution in [0.2, 0.25) is 0 Å². The van der Waals surface area contributed by atoms with Gasteiger partial charge in [-0.2, -0.15) is 0 Å². The molecule has 8 aliphatic rings. The van der Waals surface area contributed by atoms with Gasteiger partial charge in [-0.3, -0.25) is 0 Å². The Bertz CT molecular complexity index is 1360. The number of aliphatic hydroxyl groups is 8. The zero-order valence-corrected chi connectivity index (χ0v) is 31.4. The predicted octanol–water partition coefficient (Wildman–Crippen LogP) is 0.333. The molecule has 14 nitrogen and oxygen atoms in total. The summed E-state index contributed by atoms with van der Waals surface area (Å²) < 4.78 is 37.3. The minimum atomic E-state index is -1.65. The highest BCUT2D eigenvalue weighted by atomic mass is 16.8. The Kier molecular flexibility index (Phi) is 10.5. The highest BCUT2D eigenvalue weighted by molar-refractivity contribution is 5.28. The van der Waals surface area contributed by atoms with Crippen molar-refractivity contribution in [2.75, 3.05) is 19.8 Å². The molecular weight excluding hydrogens is 692 g/mol. The van der Waals surface area contributed by atoms with E-state index in [0.717, 1.165) is 32.1 Å². The summed E-state index contributed by atoms with van der Waals surface area (Å²) >= 11 is 0. The van der Waals surface area contributed by atoms with Crippen LogP contribution in [0.4, 0.5) is 0 Å². The summed E-state index contributed by atoms with van der Waals surface area (Å²) in [7, 11) is 0. The van der Waals surface area contributed by atoms with E-state index >= 15 is 0 Å². The first-order valence-electron chi connectivity index (χ1n) is 20.1. The Balaban J connectivity index is 0.988. The van der Waals surface area contributed by atoms with E-state index in [-0.39, 0.29) is 53.3 Å². The quantitative estimate of drug-likeness (QED) is 0.172. The molecule has 302 valence electrons. The van der Waals surface area contributed by atoms with Gasteiger partial charge in [-0.05, 0) is 86.4 Å². The lowest BCUT2D eigenvalue weighted by Gasteiger charge is -2.60. The van der Waals surface area contributed by atoms with Crippen molar-refractivity contribution in [1.82, 2.24) is 0 Å². The molecule has 4 saturated heterocycles. The molecule has 0 unspecified atom stereocenters. The summed E-state index contributed by atoms with van der Waals surface area (Å²) in [5, 5.41) is 85.9. The van der Waals surface area contributed by atoms with Gasteiger partial charge in [-0.25, -0.2) is 0 Å². The van der Waals surface area contributed by atoms with Crippen LogP contribution in [0.15, 0.2) is 11.6 Å². The normalized spacial score (nSPS) is 58.0. The van der Waals surface area contributed by atoms with Crippen molar-refractivity contribution in [3.63, 3.8) is 0 Å². The standard InChI is InChI=1S/C39H62O14/c1-17-7-10-39(48-16-17)23(14-40)28-25(53-39)12-22-21-6-5-19-11-20(8-9-37(19,3)27(21)24(42)13-38(22,28)4)50-36-34(32(46)30(44)26(15-41)51-36)52-35-33(47)31(45)29(43)18(2)49-35/h5,17-18,20-36,40-47H,6-16H2,1-4H3/t17-,18-,20-,21-,22-,23-,24+,25-,26+,27+,28-,29-,30+,31+,32-,33+,34+,35-,36+,37-,38-,39+/m0/s1. The van der Waals surface area contributed by atoms with Crippen LogP contribution >= 0.6 is 0 Å². The average molecular weight is 755 g/mol. The van der Waals surface area contributed by atoms with E-state index in [1.807, 2.05) is 0 Å². The lowest BCUT2D eigenvalue weighted by molar-refractivity contribution is -0.369. The van der Waals surface area contributed by atoms with Gasteiger partial charge in [-0.15, -0.1) is 0 Å². The van der Waals surface area contributed by atoms with E-state index in [9.17, 15) is 40.9 Å². The van der Waals surface area contributed by atoms with Gasteiger partial charge in [0, 0.05) is 18.3 Å². The van der Waals surface area contributed by atoms with Crippen LogP contribution in [0.5, 0.6) is 0 Å². The van der Waals surface area contributed by atoms with Crippen LogP contribution in [-0.2, 0) is 28.4 Å². The van der Waals surface area contributed by atoms with Crippen LogP contribution < -0.4 is 0 Å². The molecule has 14 heteroatoms. The summed E-state index contributed by atoms with van der Waals surface area (Å²) in [4.78, 5) is 0. The lowest BCUT2D eigenvalue weighted by atomic mass is 9.46. The maximum Gasteiger partial charge on any atom is 0.187 e. The Morgan fingerprint density at radius 3 is 2.30 bits per heavy atom. The minimum Gasteiger partial charge on any atom is -0.396 e. The van der Waals surface area contributed by atoms with Gasteiger partial charge >= 0.3 is 0 Å². The van der Waals surface area contributed by atoms with Crippen molar-refractivity contribution in [2.24, 2.45) is 46.3 Å². The van der Waals surface area contributed by atoms with Gasteiger partial charge in [0.1, 0.15) is 42.7 Å². The summed E-state index contributed by atoms with van der Waals surface area (Å²) in [6.07, 6.45) is -6.33. The molecule has 7 fully saturated rings. The molecule has 0 aromatic heterocycles. The summed E-state index contributed by atoms with van der Waals surface area (Å²) in [5.41, 5.74) is 0.732. The first-order valence-corrected chi connectivity index (χ1v) is 20.1. The molecule has 8 rings (SSSR count). The summed E-state index contributed by atoms with van der Waals surface area (Å²) in [6, 6.07) is 0. The molecule has 22 atom stereocenters. The fourth-order valence-corrected chi connectivity index (χ4v) is 12.7. The van der Waals surface area contributed by atoms with Crippen molar-refractivity contribution < 1.29 is 69.3 Å². The molecule has 1 spiro atoms. The first-order chi connectivity index (χ1) is 25.2. The summed E-state index contributed by atoms with van der Waals surface area (Å²) in [6.45, 7) is 8.35. The Labute approximate surface area is 311 Å². The number of hydrogen-bond donors (Lipinski definition) is 8. The molecular formula is C39H62O14. The van der Waals surface area contributed by atoms with E-state index in [1.54, 1.807) is 0 Å². The number of fused-ring (bicyclic) bond motifs is 7. The molecule has 4 aliphatic heterocycles. The van der Waals surface area contributed by atoms with Gasteiger partial charge in [-0.1, -0.05) is 32.4 Å². The third kappa shape index (κ3) is 6.12. The Hall–Kier alpha value is -0.820. The molecule has 4 aliphatic carbocycles.